The first kappa shape index (κ1) is 24.3. The molecule has 10 heteroatoms. The van der Waals surface area contributed by atoms with Gasteiger partial charge in [0, 0.05) is 41.6 Å². The largest absolute Gasteiger partial charge is 0.363 e. The highest BCUT2D eigenvalue weighted by Gasteiger charge is 2.30. The highest BCUT2D eigenvalue weighted by molar-refractivity contribution is 7.99. The van der Waals surface area contributed by atoms with Gasteiger partial charge >= 0.3 is 0 Å². The van der Waals surface area contributed by atoms with Gasteiger partial charge in [-0.3, -0.25) is 4.79 Å². The number of aromatic nitrogens is 2. The predicted octanol–water partition coefficient (Wildman–Crippen LogP) is 5.56. The van der Waals surface area contributed by atoms with E-state index in [1.54, 1.807) is 18.7 Å². The molecular weight excluding hydrogens is 461 g/mol. The topological polar surface area (TPSA) is 69.9 Å². The first-order valence-electron chi connectivity index (χ1n) is 9.90. The maximum absolute atomic E-state index is 14.0. The monoisotopic (exact) mass is 482 g/mol. The van der Waals surface area contributed by atoms with Gasteiger partial charge in [-0.25, -0.2) is 23.1 Å². The SMILES string of the molecule is CC(C)C(=O)/C(Cl)=C(\C=N)N1CCc2c(ncnc2Sc2ccc(F)cc2C(C)(F)F)C1. The number of hydrogen-bond donors (Lipinski definition) is 1. The number of nitrogens with one attached hydrogen (secondary N) is 1. The van der Waals surface area contributed by atoms with E-state index >= 15 is 0 Å². The molecular formula is C22H22ClF3N4OS. The summed E-state index contributed by atoms with van der Waals surface area (Å²) in [6, 6.07) is 3.30. The molecule has 0 aliphatic carbocycles. The second-order valence-corrected chi connectivity index (χ2v) is 9.18. The minimum atomic E-state index is -3.21. The van der Waals surface area contributed by atoms with Crippen molar-refractivity contribution in [2.75, 3.05) is 6.54 Å². The van der Waals surface area contributed by atoms with Crippen molar-refractivity contribution in [3.05, 3.63) is 57.9 Å². The fraction of sp³-hybridized carbons (Fsp3) is 0.364. The summed E-state index contributed by atoms with van der Waals surface area (Å²) in [5.41, 5.74) is 1.36. The Kier molecular flexibility index (Phi) is 7.29. The third-order valence-electron chi connectivity index (χ3n) is 5.03. The van der Waals surface area contributed by atoms with Crippen molar-refractivity contribution in [3.8, 4) is 0 Å². The van der Waals surface area contributed by atoms with Crippen LogP contribution < -0.4 is 0 Å². The van der Waals surface area contributed by atoms with Gasteiger partial charge in [-0.15, -0.1) is 0 Å². The van der Waals surface area contributed by atoms with Crippen molar-refractivity contribution >= 4 is 35.4 Å². The average Bonchev–Trinajstić information content (AvgIpc) is 2.74. The van der Waals surface area contributed by atoms with Gasteiger partial charge in [0.1, 0.15) is 22.2 Å². The van der Waals surface area contributed by atoms with E-state index in [0.717, 1.165) is 42.6 Å². The van der Waals surface area contributed by atoms with Crippen LogP contribution in [0.3, 0.4) is 0 Å². The van der Waals surface area contributed by atoms with Crippen LogP contribution in [0, 0.1) is 17.1 Å². The molecule has 0 spiro atoms. The zero-order valence-electron chi connectivity index (χ0n) is 17.8. The van der Waals surface area contributed by atoms with Crippen molar-refractivity contribution in [2.45, 2.75) is 49.6 Å². The molecule has 170 valence electrons. The molecule has 0 saturated heterocycles. The highest BCUT2D eigenvalue weighted by Crippen LogP contribution is 2.40. The number of nitrogens with zero attached hydrogens (tertiary/aromatic N) is 3. The Morgan fingerprint density at radius 2 is 2.06 bits per heavy atom. The second-order valence-electron chi connectivity index (χ2n) is 7.77. The Labute approximate surface area is 193 Å². The second kappa shape index (κ2) is 9.62. The molecule has 0 amide bonds. The fourth-order valence-corrected chi connectivity index (χ4v) is 4.86. The molecule has 32 heavy (non-hydrogen) atoms. The molecule has 1 N–H and O–H groups in total. The first-order chi connectivity index (χ1) is 15.0. The summed E-state index contributed by atoms with van der Waals surface area (Å²) in [6.07, 6.45) is 2.86. The van der Waals surface area contributed by atoms with Crippen molar-refractivity contribution in [1.82, 2.24) is 14.9 Å². The molecule has 2 heterocycles. The quantitative estimate of drug-likeness (QED) is 0.318. The minimum Gasteiger partial charge on any atom is -0.363 e. The van der Waals surface area contributed by atoms with Crippen LogP contribution in [0.15, 0.2) is 45.2 Å². The van der Waals surface area contributed by atoms with Crippen LogP contribution in [0.5, 0.6) is 0 Å². The normalized spacial score (nSPS) is 14.8. The number of benzene rings is 1. The summed E-state index contributed by atoms with van der Waals surface area (Å²) < 4.78 is 41.6. The number of alkyl halides is 2. The lowest BCUT2D eigenvalue weighted by Crippen LogP contribution is -2.33. The Morgan fingerprint density at radius 1 is 1.34 bits per heavy atom. The van der Waals surface area contributed by atoms with Gasteiger partial charge < -0.3 is 10.3 Å². The maximum Gasteiger partial charge on any atom is 0.271 e. The summed E-state index contributed by atoms with van der Waals surface area (Å²) in [7, 11) is 0. The Hall–Kier alpha value is -2.39. The summed E-state index contributed by atoms with van der Waals surface area (Å²) >= 11 is 7.30. The molecule has 0 bridgehead atoms. The molecule has 1 aromatic carbocycles. The van der Waals surface area contributed by atoms with Crippen LogP contribution >= 0.6 is 23.4 Å². The Bertz CT molecular complexity index is 1090. The number of halogens is 4. The van der Waals surface area contributed by atoms with Crippen LogP contribution in [0.25, 0.3) is 0 Å². The van der Waals surface area contributed by atoms with Gasteiger partial charge in [0.2, 0.25) is 0 Å². The van der Waals surface area contributed by atoms with Crippen LogP contribution in [-0.2, 0) is 23.7 Å². The zero-order chi connectivity index (χ0) is 23.6. The molecule has 2 aromatic rings. The standard InChI is InChI=1S/C22H22ClF3N4OS/c1-12(2)20(31)19(23)17(9-27)30-7-6-14-16(10-30)28-11-29-21(14)32-18-5-4-13(24)8-15(18)22(3,25)26/h4-5,8-9,11-12,27H,6-7,10H2,1-3H3/b19-17-,27-9?. The number of fused-ring (bicyclic) bond motifs is 1. The average molecular weight is 483 g/mol. The van der Waals surface area contributed by atoms with E-state index in [1.807, 2.05) is 0 Å². The molecule has 0 atom stereocenters. The lowest BCUT2D eigenvalue weighted by atomic mass is 10.0. The van der Waals surface area contributed by atoms with E-state index in [1.165, 1.54) is 12.4 Å². The third-order valence-corrected chi connectivity index (χ3v) is 6.53. The lowest BCUT2D eigenvalue weighted by molar-refractivity contribution is -0.117. The van der Waals surface area contributed by atoms with E-state index in [4.69, 9.17) is 17.0 Å². The Morgan fingerprint density at radius 3 is 2.69 bits per heavy atom. The highest BCUT2D eigenvalue weighted by atomic mass is 35.5. The summed E-state index contributed by atoms with van der Waals surface area (Å²) in [6.45, 7) is 4.93. The zero-order valence-corrected chi connectivity index (χ0v) is 19.3. The van der Waals surface area contributed by atoms with E-state index in [2.05, 4.69) is 9.97 Å². The van der Waals surface area contributed by atoms with E-state index in [0.29, 0.717) is 29.4 Å². The molecule has 0 radical (unpaired) electrons. The summed E-state index contributed by atoms with van der Waals surface area (Å²) in [5, 5.41) is 8.25. The molecule has 1 aliphatic heterocycles. The van der Waals surface area contributed by atoms with Gasteiger partial charge in [-0.1, -0.05) is 37.2 Å². The maximum atomic E-state index is 14.0. The lowest BCUT2D eigenvalue weighted by Gasteiger charge is -2.31. The van der Waals surface area contributed by atoms with Crippen molar-refractivity contribution in [2.24, 2.45) is 5.92 Å². The molecule has 1 aromatic heterocycles. The van der Waals surface area contributed by atoms with Crippen molar-refractivity contribution in [1.29, 1.82) is 5.41 Å². The number of allylic oxidation sites excluding steroid dienone is 2. The van der Waals surface area contributed by atoms with Crippen LogP contribution in [0.4, 0.5) is 13.2 Å². The first-order valence-corrected chi connectivity index (χ1v) is 11.1. The molecule has 0 saturated carbocycles. The Balaban J connectivity index is 1.93. The third kappa shape index (κ3) is 5.15. The van der Waals surface area contributed by atoms with Crippen molar-refractivity contribution in [3.63, 3.8) is 0 Å². The van der Waals surface area contributed by atoms with Gasteiger partial charge in [-0.2, -0.15) is 0 Å². The minimum absolute atomic E-state index is 0.00300. The number of carbonyl (C=O) groups is 1. The molecule has 0 unspecified atom stereocenters. The van der Waals surface area contributed by atoms with Gasteiger partial charge in [0.05, 0.1) is 17.9 Å². The number of carbonyl (C=O) groups excluding carboxylic acids is 1. The van der Waals surface area contributed by atoms with Crippen LogP contribution in [0.2, 0.25) is 0 Å². The van der Waals surface area contributed by atoms with E-state index < -0.39 is 17.3 Å². The smallest absolute Gasteiger partial charge is 0.271 e. The fourth-order valence-electron chi connectivity index (χ4n) is 3.33. The van der Waals surface area contributed by atoms with Crippen LogP contribution in [0.1, 0.15) is 37.6 Å². The number of rotatable bonds is 7. The molecule has 5 nitrogen and oxygen atoms in total. The summed E-state index contributed by atoms with van der Waals surface area (Å²) in [5.74, 6) is -4.50. The van der Waals surface area contributed by atoms with Crippen LogP contribution in [-0.4, -0.2) is 33.4 Å². The van der Waals surface area contributed by atoms with Crippen molar-refractivity contribution < 1.29 is 18.0 Å². The molecule has 1 aliphatic rings. The number of ketones is 1. The summed E-state index contributed by atoms with van der Waals surface area (Å²) in [4.78, 5) is 22.9. The number of hydrogen-bond acceptors (Lipinski definition) is 6. The molecule has 3 rings (SSSR count). The van der Waals surface area contributed by atoms with Gasteiger partial charge in [0.15, 0.2) is 5.78 Å². The van der Waals surface area contributed by atoms with E-state index in [9.17, 15) is 18.0 Å². The predicted molar refractivity (Wildman–Crippen MR) is 118 cm³/mol. The van der Waals surface area contributed by atoms with Gasteiger partial charge in [-0.05, 0) is 24.6 Å². The number of Topliss-reactive ketones (excluding diaryl/α,β-unsaturated/α-hetero) is 1. The molecule has 0 fully saturated rings. The van der Waals surface area contributed by atoms with E-state index in [-0.39, 0.29) is 28.2 Å². The van der Waals surface area contributed by atoms with Gasteiger partial charge in [0.25, 0.3) is 5.92 Å².